The number of rotatable bonds is 5. The fourth-order valence-electron chi connectivity index (χ4n) is 1.73. The normalized spacial score (nSPS) is 10.4. The molecule has 0 saturated carbocycles. The minimum atomic E-state index is -1.10. The number of nitro benzene ring substituents is 1. The average molecular weight is 356 g/mol. The standard InChI is InChI=1S/C13H10BrNO6/c1-7-10(13(16)17)5-9(21-7)6-20-12-3-2-8(14)4-11(12)15(18)19/h2-5H,6H2,1H3,(H,16,17). The van der Waals surface area contributed by atoms with Gasteiger partial charge in [-0.2, -0.15) is 0 Å². The second kappa shape index (κ2) is 5.96. The van der Waals surface area contributed by atoms with E-state index < -0.39 is 10.9 Å². The van der Waals surface area contributed by atoms with Gasteiger partial charge in [0.1, 0.15) is 23.7 Å². The molecular formula is C13H10BrNO6. The molecule has 0 fully saturated rings. The van der Waals surface area contributed by atoms with Crippen LogP contribution in [0.3, 0.4) is 0 Å². The molecule has 0 unspecified atom stereocenters. The van der Waals surface area contributed by atoms with Crippen LogP contribution in [0.2, 0.25) is 0 Å². The van der Waals surface area contributed by atoms with Gasteiger partial charge < -0.3 is 14.3 Å². The van der Waals surface area contributed by atoms with Crippen molar-refractivity contribution in [1.29, 1.82) is 0 Å². The summed E-state index contributed by atoms with van der Waals surface area (Å²) in [7, 11) is 0. The van der Waals surface area contributed by atoms with Gasteiger partial charge in [-0.05, 0) is 25.1 Å². The van der Waals surface area contributed by atoms with Crippen LogP contribution in [0.5, 0.6) is 5.75 Å². The number of hydrogen-bond donors (Lipinski definition) is 1. The molecule has 21 heavy (non-hydrogen) atoms. The zero-order valence-electron chi connectivity index (χ0n) is 10.8. The van der Waals surface area contributed by atoms with Crippen LogP contribution in [-0.4, -0.2) is 16.0 Å². The van der Waals surface area contributed by atoms with Crippen molar-refractivity contribution in [3.8, 4) is 5.75 Å². The lowest BCUT2D eigenvalue weighted by Crippen LogP contribution is -1.98. The summed E-state index contributed by atoms with van der Waals surface area (Å²) in [5.74, 6) is -0.486. The first-order valence-electron chi connectivity index (χ1n) is 5.78. The topological polar surface area (TPSA) is 103 Å². The number of benzene rings is 1. The Kier molecular flexibility index (Phi) is 4.27. The Morgan fingerprint density at radius 2 is 2.19 bits per heavy atom. The number of carbonyl (C=O) groups is 1. The van der Waals surface area contributed by atoms with Crippen LogP contribution in [0.25, 0.3) is 0 Å². The molecule has 7 nitrogen and oxygen atoms in total. The highest BCUT2D eigenvalue weighted by Crippen LogP contribution is 2.31. The third kappa shape index (κ3) is 3.40. The molecule has 0 spiro atoms. The van der Waals surface area contributed by atoms with Crippen molar-refractivity contribution in [2.24, 2.45) is 0 Å². The van der Waals surface area contributed by atoms with E-state index in [0.29, 0.717) is 4.47 Å². The summed E-state index contributed by atoms with van der Waals surface area (Å²) in [4.78, 5) is 21.3. The molecule has 8 heteroatoms. The van der Waals surface area contributed by atoms with E-state index in [0.717, 1.165) is 0 Å². The summed E-state index contributed by atoms with van der Waals surface area (Å²) < 4.78 is 11.1. The maximum Gasteiger partial charge on any atom is 0.339 e. The molecular weight excluding hydrogens is 346 g/mol. The first-order valence-corrected chi connectivity index (χ1v) is 6.57. The largest absolute Gasteiger partial charge is 0.479 e. The summed E-state index contributed by atoms with van der Waals surface area (Å²) in [6, 6.07) is 5.72. The van der Waals surface area contributed by atoms with Gasteiger partial charge in [-0.25, -0.2) is 4.79 Å². The molecule has 0 aliphatic heterocycles. The molecule has 0 aliphatic carbocycles. The summed E-state index contributed by atoms with van der Waals surface area (Å²) in [6.45, 7) is 1.42. The molecule has 0 amide bonds. The van der Waals surface area contributed by atoms with E-state index in [2.05, 4.69) is 15.9 Å². The number of hydrogen-bond acceptors (Lipinski definition) is 5. The third-order valence-electron chi connectivity index (χ3n) is 2.69. The number of aryl methyl sites for hydroxylation is 1. The van der Waals surface area contributed by atoms with Gasteiger partial charge in [-0.1, -0.05) is 15.9 Å². The zero-order valence-corrected chi connectivity index (χ0v) is 12.4. The van der Waals surface area contributed by atoms with Crippen molar-refractivity contribution < 1.29 is 24.0 Å². The highest BCUT2D eigenvalue weighted by atomic mass is 79.9. The van der Waals surface area contributed by atoms with Crippen molar-refractivity contribution in [3.05, 3.63) is 55.9 Å². The van der Waals surface area contributed by atoms with Crippen molar-refractivity contribution in [1.82, 2.24) is 0 Å². The fourth-order valence-corrected chi connectivity index (χ4v) is 2.08. The van der Waals surface area contributed by atoms with Crippen molar-refractivity contribution in [2.75, 3.05) is 0 Å². The molecule has 2 rings (SSSR count). The number of aromatic carboxylic acids is 1. The second-order valence-electron chi connectivity index (χ2n) is 4.15. The van der Waals surface area contributed by atoms with Crippen LogP contribution < -0.4 is 4.74 Å². The SMILES string of the molecule is Cc1oc(COc2ccc(Br)cc2[N+](=O)[O-])cc1C(=O)O. The number of nitro groups is 1. The predicted octanol–water partition coefficient (Wildman–Crippen LogP) is 3.54. The van der Waals surface area contributed by atoms with E-state index in [4.69, 9.17) is 14.3 Å². The Morgan fingerprint density at radius 1 is 1.48 bits per heavy atom. The number of furan rings is 1. The maximum atomic E-state index is 10.9. The first-order chi connectivity index (χ1) is 9.88. The Balaban J connectivity index is 2.19. The van der Waals surface area contributed by atoms with Gasteiger partial charge in [0, 0.05) is 10.5 Å². The Morgan fingerprint density at radius 3 is 2.76 bits per heavy atom. The van der Waals surface area contributed by atoms with Gasteiger partial charge in [0.2, 0.25) is 0 Å². The fraction of sp³-hybridized carbons (Fsp3) is 0.154. The summed E-state index contributed by atoms with van der Waals surface area (Å²) >= 11 is 3.15. The van der Waals surface area contributed by atoms with Gasteiger partial charge in [-0.15, -0.1) is 0 Å². The summed E-state index contributed by atoms with van der Waals surface area (Å²) in [5.41, 5.74) is -0.148. The second-order valence-corrected chi connectivity index (χ2v) is 5.06. The lowest BCUT2D eigenvalue weighted by molar-refractivity contribution is -0.386. The number of carboxylic acids is 1. The van der Waals surface area contributed by atoms with Gasteiger partial charge in [0.15, 0.2) is 5.75 Å². The van der Waals surface area contributed by atoms with Crippen LogP contribution in [0, 0.1) is 17.0 Å². The van der Waals surface area contributed by atoms with Crippen LogP contribution in [0.1, 0.15) is 21.9 Å². The van der Waals surface area contributed by atoms with Gasteiger partial charge >= 0.3 is 11.7 Å². The van der Waals surface area contributed by atoms with E-state index >= 15 is 0 Å². The van der Waals surface area contributed by atoms with Gasteiger partial charge in [0.05, 0.1) is 4.92 Å². The Labute approximate surface area is 127 Å². The van der Waals surface area contributed by atoms with E-state index in [9.17, 15) is 14.9 Å². The van der Waals surface area contributed by atoms with Crippen molar-refractivity contribution in [3.63, 3.8) is 0 Å². The molecule has 0 radical (unpaired) electrons. The Bertz CT molecular complexity index is 709. The quantitative estimate of drug-likeness (QED) is 0.649. The van der Waals surface area contributed by atoms with Crippen LogP contribution in [0.15, 0.2) is 33.2 Å². The first kappa shape index (κ1) is 15.0. The predicted molar refractivity (Wildman–Crippen MR) is 75.5 cm³/mol. The zero-order chi connectivity index (χ0) is 15.6. The molecule has 0 aliphatic rings. The smallest absolute Gasteiger partial charge is 0.339 e. The molecule has 1 heterocycles. The minimum Gasteiger partial charge on any atom is -0.479 e. The molecule has 110 valence electrons. The van der Waals surface area contributed by atoms with E-state index in [1.807, 2.05) is 0 Å². The van der Waals surface area contributed by atoms with Crippen LogP contribution in [0.4, 0.5) is 5.69 Å². The van der Waals surface area contributed by atoms with Crippen LogP contribution >= 0.6 is 15.9 Å². The van der Waals surface area contributed by atoms with Gasteiger partial charge in [-0.3, -0.25) is 10.1 Å². The molecule has 1 N–H and O–H groups in total. The van der Waals surface area contributed by atoms with Crippen LogP contribution in [-0.2, 0) is 6.61 Å². The lowest BCUT2D eigenvalue weighted by atomic mass is 10.2. The average Bonchev–Trinajstić information content (AvgIpc) is 2.78. The highest BCUT2D eigenvalue weighted by molar-refractivity contribution is 9.10. The summed E-state index contributed by atoms with van der Waals surface area (Å²) in [5, 5.41) is 19.9. The number of ether oxygens (including phenoxy) is 1. The van der Waals surface area contributed by atoms with E-state index in [1.54, 1.807) is 6.07 Å². The van der Waals surface area contributed by atoms with Crippen molar-refractivity contribution in [2.45, 2.75) is 13.5 Å². The molecule has 1 aromatic heterocycles. The monoisotopic (exact) mass is 355 g/mol. The molecule has 2 aromatic rings. The lowest BCUT2D eigenvalue weighted by Gasteiger charge is -2.05. The van der Waals surface area contributed by atoms with Gasteiger partial charge in [0.25, 0.3) is 0 Å². The Hall–Kier alpha value is -2.35. The molecule has 0 atom stereocenters. The number of nitrogens with zero attached hydrogens (tertiary/aromatic N) is 1. The van der Waals surface area contributed by atoms with E-state index in [1.165, 1.54) is 25.1 Å². The maximum absolute atomic E-state index is 10.9. The van der Waals surface area contributed by atoms with Crippen molar-refractivity contribution >= 4 is 27.6 Å². The minimum absolute atomic E-state index is 0.0407. The molecule has 0 saturated heterocycles. The molecule has 1 aromatic carbocycles. The third-order valence-corrected chi connectivity index (χ3v) is 3.18. The number of carboxylic acid groups (broad SMARTS) is 1. The van der Waals surface area contributed by atoms with E-state index in [-0.39, 0.29) is 35.1 Å². The summed E-state index contributed by atoms with van der Waals surface area (Å²) in [6.07, 6.45) is 0. The highest BCUT2D eigenvalue weighted by Gasteiger charge is 2.18. The molecule has 0 bridgehead atoms. The number of halogens is 1.